The molecule has 1 saturated carbocycles. The van der Waals surface area contributed by atoms with Crippen molar-refractivity contribution < 1.29 is 28.5 Å². The van der Waals surface area contributed by atoms with Crippen LogP contribution in [0.15, 0.2) is 18.2 Å². The van der Waals surface area contributed by atoms with Crippen molar-refractivity contribution in [3.63, 3.8) is 0 Å². The molecule has 0 radical (unpaired) electrons. The molecule has 1 aromatic rings. The minimum absolute atomic E-state index is 0.128. The van der Waals surface area contributed by atoms with Crippen LogP contribution < -0.4 is 14.2 Å². The third-order valence-corrected chi connectivity index (χ3v) is 6.75. The van der Waals surface area contributed by atoms with Crippen LogP contribution in [-0.4, -0.2) is 68.5 Å². The van der Waals surface area contributed by atoms with Gasteiger partial charge in [0.1, 0.15) is 0 Å². The van der Waals surface area contributed by atoms with Crippen LogP contribution in [-0.2, 0) is 9.53 Å². The molecule has 2 heterocycles. The smallest absolute Gasteiger partial charge is 0.411 e. The number of carbonyl (C=O) groups is 2. The Morgan fingerprint density at radius 2 is 1.66 bits per heavy atom. The Morgan fingerprint density at radius 1 is 0.969 bits per heavy atom. The van der Waals surface area contributed by atoms with E-state index in [4.69, 9.17) is 18.9 Å². The highest BCUT2D eigenvalue weighted by atomic mass is 16.6. The lowest BCUT2D eigenvalue weighted by molar-refractivity contribution is -0.136. The van der Waals surface area contributed by atoms with E-state index in [9.17, 15) is 9.59 Å². The largest absolute Gasteiger partial charge is 0.493 e. The quantitative estimate of drug-likeness (QED) is 0.623. The zero-order valence-corrected chi connectivity index (χ0v) is 19.0. The van der Waals surface area contributed by atoms with Crippen LogP contribution in [0, 0.1) is 5.92 Å². The van der Waals surface area contributed by atoms with Crippen molar-refractivity contribution in [1.29, 1.82) is 0 Å². The van der Waals surface area contributed by atoms with Crippen molar-refractivity contribution in [2.45, 2.75) is 50.8 Å². The van der Waals surface area contributed by atoms with Crippen LogP contribution in [0.3, 0.4) is 0 Å². The van der Waals surface area contributed by atoms with E-state index in [1.165, 1.54) is 6.08 Å². The molecule has 8 heteroatoms. The Balaban J connectivity index is 1.52. The van der Waals surface area contributed by atoms with Gasteiger partial charge in [-0.25, -0.2) is 4.79 Å². The molecule has 32 heavy (non-hydrogen) atoms. The highest BCUT2D eigenvalue weighted by Crippen LogP contribution is 2.42. The zero-order valence-electron chi connectivity index (χ0n) is 19.0. The SMILES string of the molecule is COc1cc(C=CC(=O)N2[C@@H](OC(=O)N3CCCC3)C[C@@H]3CCC[C@@H]32)cc(OC)c1OC. The van der Waals surface area contributed by atoms with E-state index in [-0.39, 0.29) is 18.0 Å². The maximum Gasteiger partial charge on any atom is 0.411 e. The van der Waals surface area contributed by atoms with Crippen LogP contribution in [0.25, 0.3) is 6.08 Å². The van der Waals surface area contributed by atoms with E-state index in [1.807, 2.05) is 0 Å². The van der Waals surface area contributed by atoms with E-state index in [0.29, 0.717) is 29.6 Å². The number of amides is 2. The lowest BCUT2D eigenvalue weighted by atomic mass is 10.0. The predicted octanol–water partition coefficient (Wildman–Crippen LogP) is 3.69. The molecule has 3 aliphatic rings. The third kappa shape index (κ3) is 4.36. The molecule has 174 valence electrons. The average molecular weight is 445 g/mol. The number of hydrogen-bond donors (Lipinski definition) is 0. The van der Waals surface area contributed by atoms with E-state index < -0.39 is 6.23 Å². The minimum atomic E-state index is -0.504. The standard InChI is InChI=1S/C24H32N2O6/c1-29-19-13-16(14-20(30-2)23(19)31-3)9-10-21(27)26-18-8-6-7-17(18)15-22(26)32-24(28)25-11-4-5-12-25/h9-10,13-14,17-18,22H,4-8,11-12,15H2,1-3H3/t17-,18-,22-/m0/s1. The Labute approximate surface area is 189 Å². The summed E-state index contributed by atoms with van der Waals surface area (Å²) in [5.41, 5.74) is 0.751. The van der Waals surface area contributed by atoms with Crippen molar-refractivity contribution in [2.75, 3.05) is 34.4 Å². The van der Waals surface area contributed by atoms with Gasteiger partial charge in [-0.1, -0.05) is 6.42 Å². The monoisotopic (exact) mass is 444 g/mol. The van der Waals surface area contributed by atoms with Crippen molar-refractivity contribution >= 4 is 18.1 Å². The third-order valence-electron chi connectivity index (χ3n) is 6.75. The summed E-state index contributed by atoms with van der Waals surface area (Å²) >= 11 is 0. The summed E-state index contributed by atoms with van der Waals surface area (Å²) in [5.74, 6) is 1.79. The van der Waals surface area contributed by atoms with Crippen molar-refractivity contribution in [3.05, 3.63) is 23.8 Å². The first-order valence-electron chi connectivity index (χ1n) is 11.3. The second-order valence-electron chi connectivity index (χ2n) is 8.56. The van der Waals surface area contributed by atoms with Crippen LogP contribution >= 0.6 is 0 Å². The molecule has 0 bridgehead atoms. The lowest BCUT2D eigenvalue weighted by Crippen LogP contribution is -2.44. The van der Waals surface area contributed by atoms with Crippen LogP contribution in [0.4, 0.5) is 4.79 Å². The zero-order chi connectivity index (χ0) is 22.7. The molecule has 1 aliphatic carbocycles. The maximum atomic E-state index is 13.3. The second-order valence-corrected chi connectivity index (χ2v) is 8.56. The molecule has 0 aromatic heterocycles. The van der Waals surface area contributed by atoms with Gasteiger partial charge < -0.3 is 23.8 Å². The molecule has 3 atom stereocenters. The van der Waals surface area contributed by atoms with Gasteiger partial charge in [0.15, 0.2) is 17.7 Å². The fourth-order valence-corrected chi connectivity index (χ4v) is 5.20. The summed E-state index contributed by atoms with van der Waals surface area (Å²) in [6.07, 6.45) is 8.31. The minimum Gasteiger partial charge on any atom is -0.493 e. The van der Waals surface area contributed by atoms with Gasteiger partial charge in [-0.2, -0.15) is 0 Å². The number of methoxy groups -OCH3 is 3. The van der Waals surface area contributed by atoms with Crippen molar-refractivity contribution in [1.82, 2.24) is 9.80 Å². The number of ether oxygens (including phenoxy) is 4. The van der Waals surface area contributed by atoms with Gasteiger partial charge in [-0.05, 0) is 55.4 Å². The molecule has 0 unspecified atom stereocenters. The van der Waals surface area contributed by atoms with Gasteiger partial charge in [0.2, 0.25) is 11.7 Å². The molecule has 1 aromatic carbocycles. The Hall–Kier alpha value is -2.90. The van der Waals surface area contributed by atoms with E-state index in [0.717, 1.165) is 50.8 Å². The Bertz CT molecular complexity index is 854. The molecular formula is C24H32N2O6. The number of hydrogen-bond acceptors (Lipinski definition) is 6. The van der Waals surface area contributed by atoms with Crippen LogP contribution in [0.5, 0.6) is 17.2 Å². The van der Waals surface area contributed by atoms with E-state index in [1.54, 1.807) is 49.3 Å². The summed E-state index contributed by atoms with van der Waals surface area (Å²) < 4.78 is 22.0. The number of carbonyl (C=O) groups excluding carboxylic acids is 2. The van der Waals surface area contributed by atoms with Crippen molar-refractivity contribution in [2.24, 2.45) is 5.92 Å². The maximum absolute atomic E-state index is 13.3. The second kappa shape index (κ2) is 9.71. The molecule has 0 spiro atoms. The van der Waals surface area contributed by atoms with Gasteiger partial charge in [0.05, 0.1) is 21.3 Å². The highest BCUT2D eigenvalue weighted by Gasteiger charge is 2.47. The summed E-state index contributed by atoms with van der Waals surface area (Å²) in [4.78, 5) is 29.3. The first-order valence-corrected chi connectivity index (χ1v) is 11.3. The van der Waals surface area contributed by atoms with Crippen LogP contribution in [0.2, 0.25) is 0 Å². The van der Waals surface area contributed by atoms with Gasteiger partial charge in [0.25, 0.3) is 0 Å². The van der Waals surface area contributed by atoms with Gasteiger partial charge in [-0.15, -0.1) is 0 Å². The summed E-state index contributed by atoms with van der Waals surface area (Å²) in [7, 11) is 4.66. The molecule has 2 amide bonds. The molecule has 8 nitrogen and oxygen atoms in total. The normalized spacial score (nSPS) is 24.7. The molecule has 4 rings (SSSR count). The number of fused-ring (bicyclic) bond motifs is 1. The van der Waals surface area contributed by atoms with E-state index in [2.05, 4.69) is 0 Å². The Morgan fingerprint density at radius 3 is 2.28 bits per heavy atom. The summed E-state index contributed by atoms with van der Waals surface area (Å²) in [6.45, 7) is 1.46. The number of rotatable bonds is 6. The van der Waals surface area contributed by atoms with Gasteiger partial charge in [-0.3, -0.25) is 9.69 Å². The van der Waals surface area contributed by atoms with Crippen LogP contribution in [0.1, 0.15) is 44.1 Å². The lowest BCUT2D eigenvalue weighted by Gasteiger charge is -2.29. The topological polar surface area (TPSA) is 77.5 Å². The van der Waals surface area contributed by atoms with E-state index >= 15 is 0 Å². The number of nitrogens with zero attached hydrogens (tertiary/aromatic N) is 2. The molecular weight excluding hydrogens is 412 g/mol. The van der Waals surface area contributed by atoms with Gasteiger partial charge >= 0.3 is 6.09 Å². The number of likely N-dealkylation sites (tertiary alicyclic amines) is 2. The predicted molar refractivity (Wildman–Crippen MR) is 119 cm³/mol. The molecule has 3 fully saturated rings. The molecule has 2 saturated heterocycles. The fraction of sp³-hybridized carbons (Fsp3) is 0.583. The fourth-order valence-electron chi connectivity index (χ4n) is 5.20. The molecule has 2 aliphatic heterocycles. The first-order chi connectivity index (χ1) is 15.5. The first kappa shape index (κ1) is 22.3. The van der Waals surface area contributed by atoms with Crippen molar-refractivity contribution in [3.8, 4) is 17.2 Å². The molecule has 0 N–H and O–H groups in total. The Kier molecular flexibility index (Phi) is 6.77. The summed E-state index contributed by atoms with van der Waals surface area (Å²) in [6, 6.07) is 3.71. The summed E-state index contributed by atoms with van der Waals surface area (Å²) in [5, 5.41) is 0. The average Bonchev–Trinajstić information content (AvgIpc) is 3.54. The highest BCUT2D eigenvalue weighted by molar-refractivity contribution is 5.92. The number of benzene rings is 1. The van der Waals surface area contributed by atoms with Gasteiger partial charge in [0, 0.05) is 31.6 Å².